The third-order valence-electron chi connectivity index (χ3n) is 5.33. The van der Waals surface area contributed by atoms with Gasteiger partial charge in [-0.2, -0.15) is 0 Å². The normalized spacial score (nSPS) is 13.9. The molecule has 6 nitrogen and oxygen atoms in total. The highest BCUT2D eigenvalue weighted by Crippen LogP contribution is 2.30. The fourth-order valence-electron chi connectivity index (χ4n) is 3.74. The van der Waals surface area contributed by atoms with Gasteiger partial charge in [-0.15, -0.1) is 0 Å². The highest BCUT2D eigenvalue weighted by molar-refractivity contribution is 6.42. The standard InChI is InChI=1S/C23H18Cl2N4O2/c24-18-5-3-14(10-19(18)25)21-6-4-16(31-21)12-29-9-7-20-17(13-29)23(30)28-22(27-20)15-2-1-8-26-11-15/h1-6,8,10-11H,7,9,12-13H2,(H,27,28,30). The van der Waals surface area contributed by atoms with Crippen LogP contribution in [0.2, 0.25) is 10.0 Å². The molecule has 3 aromatic heterocycles. The highest BCUT2D eigenvalue weighted by atomic mass is 35.5. The number of rotatable bonds is 4. The minimum absolute atomic E-state index is 0.107. The zero-order chi connectivity index (χ0) is 21.4. The number of H-pyrrole nitrogens is 1. The molecule has 0 atom stereocenters. The van der Waals surface area contributed by atoms with Gasteiger partial charge in [-0.25, -0.2) is 4.98 Å². The van der Waals surface area contributed by atoms with Gasteiger partial charge in [0.2, 0.25) is 0 Å². The Morgan fingerprint density at radius 2 is 2.00 bits per heavy atom. The van der Waals surface area contributed by atoms with Crippen LogP contribution in [0.5, 0.6) is 0 Å². The van der Waals surface area contributed by atoms with Gasteiger partial charge >= 0.3 is 0 Å². The van der Waals surface area contributed by atoms with Crippen LogP contribution in [0, 0.1) is 0 Å². The van der Waals surface area contributed by atoms with E-state index in [1.807, 2.05) is 30.3 Å². The molecular formula is C23H18Cl2N4O2. The molecule has 0 saturated heterocycles. The summed E-state index contributed by atoms with van der Waals surface area (Å²) in [6.45, 7) is 1.91. The number of hydrogen-bond donors (Lipinski definition) is 1. The molecule has 8 heteroatoms. The second-order valence-electron chi connectivity index (χ2n) is 7.44. The van der Waals surface area contributed by atoms with Gasteiger partial charge in [-0.1, -0.05) is 23.2 Å². The number of fused-ring (bicyclic) bond motifs is 1. The van der Waals surface area contributed by atoms with Crippen molar-refractivity contribution in [3.05, 3.63) is 92.3 Å². The van der Waals surface area contributed by atoms with Crippen LogP contribution in [0.3, 0.4) is 0 Å². The SMILES string of the molecule is O=c1[nH]c(-c2cccnc2)nc2c1CN(Cc1ccc(-c3ccc(Cl)c(Cl)c3)o1)CC2. The van der Waals surface area contributed by atoms with E-state index in [-0.39, 0.29) is 5.56 Å². The van der Waals surface area contributed by atoms with Gasteiger partial charge in [0.1, 0.15) is 17.3 Å². The summed E-state index contributed by atoms with van der Waals surface area (Å²) in [5, 5.41) is 0.997. The van der Waals surface area contributed by atoms with E-state index in [2.05, 4.69) is 19.9 Å². The number of aromatic amines is 1. The molecule has 1 aliphatic rings. The summed E-state index contributed by atoms with van der Waals surface area (Å²) in [6, 6.07) is 13.0. The molecule has 5 rings (SSSR count). The van der Waals surface area contributed by atoms with Crippen molar-refractivity contribution >= 4 is 23.2 Å². The molecule has 0 radical (unpaired) electrons. The topological polar surface area (TPSA) is 75.0 Å². The first-order valence-electron chi connectivity index (χ1n) is 9.86. The van der Waals surface area contributed by atoms with Crippen LogP contribution >= 0.6 is 23.2 Å². The monoisotopic (exact) mass is 452 g/mol. The lowest BCUT2D eigenvalue weighted by Crippen LogP contribution is -2.35. The fraction of sp³-hybridized carbons (Fsp3) is 0.174. The number of nitrogens with zero attached hydrogens (tertiary/aromatic N) is 3. The maximum Gasteiger partial charge on any atom is 0.255 e. The molecule has 1 aliphatic heterocycles. The second-order valence-corrected chi connectivity index (χ2v) is 8.25. The molecule has 0 fully saturated rings. The molecule has 1 aromatic carbocycles. The van der Waals surface area contributed by atoms with Crippen LogP contribution in [0.15, 0.2) is 64.1 Å². The Morgan fingerprint density at radius 1 is 1.10 bits per heavy atom. The first-order valence-corrected chi connectivity index (χ1v) is 10.6. The Hall–Kier alpha value is -2.93. The average Bonchev–Trinajstić information content (AvgIpc) is 3.25. The zero-order valence-electron chi connectivity index (χ0n) is 16.4. The number of aromatic nitrogens is 3. The van der Waals surface area contributed by atoms with E-state index < -0.39 is 0 Å². The fourth-order valence-corrected chi connectivity index (χ4v) is 4.04. The second kappa shape index (κ2) is 8.30. The summed E-state index contributed by atoms with van der Waals surface area (Å²) in [5.41, 5.74) is 3.11. The minimum atomic E-state index is -0.107. The van der Waals surface area contributed by atoms with E-state index >= 15 is 0 Å². The highest BCUT2D eigenvalue weighted by Gasteiger charge is 2.22. The Kier molecular flexibility index (Phi) is 5.36. The molecule has 0 spiro atoms. The molecule has 156 valence electrons. The third kappa shape index (κ3) is 4.14. The van der Waals surface area contributed by atoms with Gasteiger partial charge in [0.15, 0.2) is 0 Å². The van der Waals surface area contributed by atoms with Crippen molar-refractivity contribution < 1.29 is 4.42 Å². The Bertz CT molecular complexity index is 1300. The molecule has 4 aromatic rings. The van der Waals surface area contributed by atoms with Crippen LogP contribution in [0.25, 0.3) is 22.7 Å². The summed E-state index contributed by atoms with van der Waals surface area (Å²) in [5.74, 6) is 2.11. The molecule has 4 heterocycles. The van der Waals surface area contributed by atoms with Gasteiger partial charge in [0.25, 0.3) is 5.56 Å². The molecule has 0 amide bonds. The average molecular weight is 453 g/mol. The van der Waals surface area contributed by atoms with Crippen LogP contribution < -0.4 is 5.56 Å². The quantitative estimate of drug-likeness (QED) is 0.473. The molecule has 0 saturated carbocycles. The minimum Gasteiger partial charge on any atom is -0.460 e. The van der Waals surface area contributed by atoms with Crippen LogP contribution in [0.1, 0.15) is 17.0 Å². The van der Waals surface area contributed by atoms with E-state index in [1.165, 1.54) is 0 Å². The van der Waals surface area contributed by atoms with Gasteiger partial charge < -0.3 is 9.40 Å². The van der Waals surface area contributed by atoms with Crippen LogP contribution in [-0.2, 0) is 19.5 Å². The van der Waals surface area contributed by atoms with Crippen LogP contribution in [-0.4, -0.2) is 26.4 Å². The Morgan fingerprint density at radius 3 is 2.81 bits per heavy atom. The lowest BCUT2D eigenvalue weighted by molar-refractivity contribution is 0.223. The van der Waals surface area contributed by atoms with Crippen molar-refractivity contribution in [1.82, 2.24) is 19.9 Å². The van der Waals surface area contributed by atoms with Crippen molar-refractivity contribution in [2.45, 2.75) is 19.5 Å². The first kappa shape index (κ1) is 20.0. The predicted octanol–water partition coefficient (Wildman–Crippen LogP) is 4.96. The first-order chi connectivity index (χ1) is 15.1. The van der Waals surface area contributed by atoms with E-state index in [4.69, 9.17) is 27.6 Å². The third-order valence-corrected chi connectivity index (χ3v) is 6.07. The van der Waals surface area contributed by atoms with E-state index in [9.17, 15) is 4.79 Å². The van der Waals surface area contributed by atoms with E-state index in [1.54, 1.807) is 24.5 Å². The van der Waals surface area contributed by atoms with Crippen LogP contribution in [0.4, 0.5) is 0 Å². The lowest BCUT2D eigenvalue weighted by atomic mass is 10.1. The summed E-state index contributed by atoms with van der Waals surface area (Å²) >= 11 is 12.1. The van der Waals surface area contributed by atoms with Gasteiger partial charge in [-0.3, -0.25) is 14.7 Å². The number of benzene rings is 1. The maximum absolute atomic E-state index is 12.7. The van der Waals surface area contributed by atoms with E-state index in [0.717, 1.165) is 34.9 Å². The molecule has 1 N–H and O–H groups in total. The molecule has 31 heavy (non-hydrogen) atoms. The van der Waals surface area contributed by atoms with Crippen molar-refractivity contribution in [2.24, 2.45) is 0 Å². The van der Waals surface area contributed by atoms with E-state index in [0.29, 0.717) is 40.9 Å². The van der Waals surface area contributed by atoms with Gasteiger partial charge in [-0.05, 0) is 42.5 Å². The predicted molar refractivity (Wildman–Crippen MR) is 120 cm³/mol. The number of hydrogen-bond acceptors (Lipinski definition) is 5. The Balaban J connectivity index is 1.33. The van der Waals surface area contributed by atoms with Gasteiger partial charge in [0.05, 0.1) is 27.8 Å². The van der Waals surface area contributed by atoms with Crippen molar-refractivity contribution in [2.75, 3.05) is 6.54 Å². The molecule has 0 unspecified atom stereocenters. The largest absolute Gasteiger partial charge is 0.460 e. The van der Waals surface area contributed by atoms with Crippen molar-refractivity contribution in [3.63, 3.8) is 0 Å². The number of halogens is 2. The van der Waals surface area contributed by atoms with Crippen molar-refractivity contribution in [1.29, 1.82) is 0 Å². The maximum atomic E-state index is 12.7. The van der Waals surface area contributed by atoms with Gasteiger partial charge in [0, 0.05) is 43.0 Å². The summed E-state index contributed by atoms with van der Waals surface area (Å²) in [7, 11) is 0. The summed E-state index contributed by atoms with van der Waals surface area (Å²) in [4.78, 5) is 26.6. The number of furan rings is 1. The smallest absolute Gasteiger partial charge is 0.255 e. The summed E-state index contributed by atoms with van der Waals surface area (Å²) in [6.07, 6.45) is 4.09. The number of pyridine rings is 1. The molecule has 0 bridgehead atoms. The zero-order valence-corrected chi connectivity index (χ0v) is 18.0. The molecular weight excluding hydrogens is 435 g/mol. The molecule has 0 aliphatic carbocycles. The lowest BCUT2D eigenvalue weighted by Gasteiger charge is -2.26. The Labute approximate surface area is 188 Å². The summed E-state index contributed by atoms with van der Waals surface area (Å²) < 4.78 is 6.01. The van der Waals surface area contributed by atoms with Crippen molar-refractivity contribution in [3.8, 4) is 22.7 Å². The number of nitrogens with one attached hydrogen (secondary N) is 1.